The Hall–Kier alpha value is -6.58. The Kier molecular flexibility index (Phi) is 6.84. The Labute approximate surface area is 303 Å². The molecule has 7 aromatic carbocycles. The van der Waals surface area contributed by atoms with Gasteiger partial charge in [-0.3, -0.25) is 0 Å². The highest BCUT2D eigenvalue weighted by molar-refractivity contribution is 6.14. The van der Waals surface area contributed by atoms with Crippen molar-refractivity contribution in [2.75, 3.05) is 0 Å². The van der Waals surface area contributed by atoms with E-state index in [2.05, 4.69) is 182 Å². The number of fused-ring (bicyclic) bond motifs is 6. The normalized spacial score (nSPS) is 13.0. The Morgan fingerprint density at radius 1 is 0.442 bits per heavy atom. The minimum absolute atomic E-state index is 0.0584. The average Bonchev–Trinajstić information content (AvgIpc) is 3.67. The summed E-state index contributed by atoms with van der Waals surface area (Å²) in [6.07, 6.45) is 0. The van der Waals surface area contributed by atoms with Gasteiger partial charge in [-0.25, -0.2) is 9.97 Å². The highest BCUT2D eigenvalue weighted by Crippen LogP contribution is 2.52. The Balaban J connectivity index is 1.25. The number of rotatable bonds is 5. The van der Waals surface area contributed by atoms with Crippen molar-refractivity contribution < 1.29 is 0 Å². The van der Waals surface area contributed by atoms with Crippen LogP contribution in [0.4, 0.5) is 0 Å². The molecule has 0 amide bonds. The number of hydrogen-bond acceptors (Lipinski definition) is 2. The predicted octanol–water partition coefficient (Wildman–Crippen LogP) is 12.5. The van der Waals surface area contributed by atoms with Crippen molar-refractivity contribution >= 4 is 21.8 Å². The van der Waals surface area contributed by atoms with Crippen molar-refractivity contribution in [3.05, 3.63) is 187 Å². The maximum atomic E-state index is 5.27. The Bertz CT molecular complexity index is 2740. The minimum atomic E-state index is -0.0584. The molecule has 3 nitrogen and oxygen atoms in total. The van der Waals surface area contributed by atoms with E-state index in [0.29, 0.717) is 5.82 Å². The Morgan fingerprint density at radius 3 is 1.73 bits per heavy atom. The van der Waals surface area contributed by atoms with Crippen LogP contribution in [0.5, 0.6) is 0 Å². The van der Waals surface area contributed by atoms with Gasteiger partial charge < -0.3 is 4.57 Å². The van der Waals surface area contributed by atoms with Gasteiger partial charge in [0, 0.05) is 38.6 Å². The van der Waals surface area contributed by atoms with Crippen molar-refractivity contribution in [2.24, 2.45) is 0 Å². The van der Waals surface area contributed by atoms with Gasteiger partial charge in [0.1, 0.15) is 0 Å². The lowest BCUT2D eigenvalue weighted by molar-refractivity contribution is 0.660. The van der Waals surface area contributed by atoms with Crippen LogP contribution in [0.25, 0.3) is 83.6 Å². The van der Waals surface area contributed by atoms with Crippen molar-refractivity contribution in [3.8, 4) is 61.8 Å². The highest BCUT2D eigenvalue weighted by atomic mass is 15.0. The van der Waals surface area contributed by atoms with Crippen LogP contribution in [-0.2, 0) is 5.41 Å². The van der Waals surface area contributed by atoms with Gasteiger partial charge in [-0.2, -0.15) is 0 Å². The molecule has 9 aromatic rings. The second-order valence-corrected chi connectivity index (χ2v) is 14.2. The molecule has 0 spiro atoms. The number of benzene rings is 7. The third kappa shape index (κ3) is 4.66. The first-order chi connectivity index (χ1) is 25.6. The van der Waals surface area contributed by atoms with E-state index in [9.17, 15) is 0 Å². The molecule has 246 valence electrons. The van der Waals surface area contributed by atoms with Gasteiger partial charge in [0.25, 0.3) is 0 Å². The van der Waals surface area contributed by atoms with E-state index in [1.807, 2.05) is 12.1 Å². The summed E-state index contributed by atoms with van der Waals surface area (Å²) < 4.78 is 2.39. The third-order valence-electron chi connectivity index (χ3n) is 10.8. The minimum Gasteiger partial charge on any atom is -0.308 e. The molecule has 2 aromatic heterocycles. The van der Waals surface area contributed by atoms with Gasteiger partial charge >= 0.3 is 0 Å². The molecule has 0 bridgehead atoms. The van der Waals surface area contributed by atoms with Gasteiger partial charge in [0.05, 0.1) is 22.4 Å². The van der Waals surface area contributed by atoms with Crippen LogP contribution in [-0.4, -0.2) is 14.5 Å². The first-order valence-corrected chi connectivity index (χ1v) is 17.9. The van der Waals surface area contributed by atoms with Crippen LogP contribution < -0.4 is 0 Å². The molecule has 0 fully saturated rings. The van der Waals surface area contributed by atoms with Crippen LogP contribution in [0.15, 0.2) is 176 Å². The molecule has 0 N–H and O–H groups in total. The first kappa shape index (κ1) is 30.3. The highest BCUT2D eigenvalue weighted by Gasteiger charge is 2.36. The molecule has 2 heterocycles. The quantitative estimate of drug-likeness (QED) is 0.183. The molecule has 0 atom stereocenters. The fourth-order valence-corrected chi connectivity index (χ4v) is 8.34. The second-order valence-electron chi connectivity index (χ2n) is 14.2. The van der Waals surface area contributed by atoms with Crippen molar-refractivity contribution in [1.82, 2.24) is 14.5 Å². The van der Waals surface area contributed by atoms with Crippen molar-refractivity contribution in [2.45, 2.75) is 19.3 Å². The molecule has 0 saturated heterocycles. The van der Waals surface area contributed by atoms with E-state index >= 15 is 0 Å². The van der Waals surface area contributed by atoms with Gasteiger partial charge in [-0.15, -0.1) is 0 Å². The third-order valence-corrected chi connectivity index (χ3v) is 10.8. The van der Waals surface area contributed by atoms with Gasteiger partial charge in [-0.05, 0) is 69.8 Å². The van der Waals surface area contributed by atoms with E-state index in [4.69, 9.17) is 9.97 Å². The summed E-state index contributed by atoms with van der Waals surface area (Å²) in [5.74, 6) is 0.700. The summed E-state index contributed by atoms with van der Waals surface area (Å²) >= 11 is 0. The largest absolute Gasteiger partial charge is 0.308 e. The zero-order valence-corrected chi connectivity index (χ0v) is 29.1. The SMILES string of the molecule is CC1(C)c2ccccc2-c2c(-c3ccc4c(c3)c3cccc(-c5nc(-c6ccccc6)cc(-c6ccccc6)n5)c3n4-c3ccccc3)cccc21. The molecule has 10 rings (SSSR count). The zero-order valence-electron chi connectivity index (χ0n) is 29.1. The molecule has 3 heteroatoms. The monoisotopic (exact) mass is 665 g/mol. The van der Waals surface area contributed by atoms with E-state index in [1.54, 1.807) is 0 Å². The van der Waals surface area contributed by atoms with Crippen molar-refractivity contribution in [1.29, 1.82) is 0 Å². The van der Waals surface area contributed by atoms with Gasteiger partial charge in [0.2, 0.25) is 0 Å². The molecule has 0 aliphatic heterocycles. The van der Waals surface area contributed by atoms with E-state index in [1.165, 1.54) is 44.2 Å². The van der Waals surface area contributed by atoms with Crippen LogP contribution in [0.2, 0.25) is 0 Å². The summed E-state index contributed by atoms with van der Waals surface area (Å²) in [6, 6.07) is 62.8. The molecule has 52 heavy (non-hydrogen) atoms. The molecule has 0 saturated carbocycles. The van der Waals surface area contributed by atoms with Crippen molar-refractivity contribution in [3.63, 3.8) is 0 Å². The molecule has 1 aliphatic carbocycles. The lowest BCUT2D eigenvalue weighted by Gasteiger charge is -2.21. The number of hydrogen-bond donors (Lipinski definition) is 0. The molecule has 0 radical (unpaired) electrons. The summed E-state index contributed by atoms with van der Waals surface area (Å²) in [5, 5.41) is 2.37. The molecule has 0 unspecified atom stereocenters. The van der Waals surface area contributed by atoms with Crippen LogP contribution in [0.3, 0.4) is 0 Å². The maximum absolute atomic E-state index is 5.27. The fraction of sp³-hybridized carbons (Fsp3) is 0.0612. The van der Waals surface area contributed by atoms with E-state index < -0.39 is 0 Å². The topological polar surface area (TPSA) is 30.7 Å². The molecular formula is C49H35N3. The van der Waals surface area contributed by atoms with Crippen LogP contribution >= 0.6 is 0 Å². The van der Waals surface area contributed by atoms with E-state index in [0.717, 1.165) is 44.8 Å². The maximum Gasteiger partial charge on any atom is 0.162 e. The average molecular weight is 666 g/mol. The van der Waals surface area contributed by atoms with Gasteiger partial charge in [-0.1, -0.05) is 153 Å². The van der Waals surface area contributed by atoms with Gasteiger partial charge in [0.15, 0.2) is 5.82 Å². The zero-order chi connectivity index (χ0) is 34.8. The molecular weight excluding hydrogens is 631 g/mol. The summed E-state index contributed by atoms with van der Waals surface area (Å²) in [6.45, 7) is 4.69. The molecule has 1 aliphatic rings. The Morgan fingerprint density at radius 2 is 1.02 bits per heavy atom. The van der Waals surface area contributed by atoms with E-state index in [-0.39, 0.29) is 5.41 Å². The summed E-state index contributed by atoms with van der Waals surface area (Å²) in [5.41, 5.74) is 16.1. The second kappa shape index (κ2) is 11.8. The van der Waals surface area contributed by atoms with Crippen LogP contribution in [0, 0.1) is 0 Å². The number of nitrogens with zero attached hydrogens (tertiary/aromatic N) is 3. The van der Waals surface area contributed by atoms with Crippen LogP contribution in [0.1, 0.15) is 25.0 Å². The summed E-state index contributed by atoms with van der Waals surface area (Å²) in [4.78, 5) is 10.5. The fourth-order valence-electron chi connectivity index (χ4n) is 8.34. The predicted molar refractivity (Wildman–Crippen MR) is 216 cm³/mol. The standard InChI is InChI=1S/C49H35N3/c1-49(2)41-26-13-12-22-38(41)46-36(23-15-27-42(46)49)34-28-29-45-40(30-34)37-24-14-25-39(47(37)52(45)35-20-10-5-11-21-35)48-50-43(32-16-6-3-7-17-32)31-44(51-48)33-18-8-4-9-19-33/h3-31H,1-2H3. The number of para-hydroxylation sites is 2. The smallest absolute Gasteiger partial charge is 0.162 e. The first-order valence-electron chi connectivity index (χ1n) is 17.9. The number of aromatic nitrogens is 3. The lowest BCUT2D eigenvalue weighted by atomic mass is 9.82. The summed E-state index contributed by atoms with van der Waals surface area (Å²) in [7, 11) is 0. The lowest BCUT2D eigenvalue weighted by Crippen LogP contribution is -2.14.